The van der Waals surface area contributed by atoms with E-state index in [9.17, 15) is 13.2 Å². The minimum Gasteiger partial charge on any atom is -0.326 e. The molecule has 2 N–H and O–H groups in total. The Labute approximate surface area is 191 Å². The first kappa shape index (κ1) is 22.0. The van der Waals surface area contributed by atoms with E-state index in [1.807, 2.05) is 50.2 Å². The van der Waals surface area contributed by atoms with Crippen molar-refractivity contribution in [3.63, 3.8) is 0 Å². The van der Waals surface area contributed by atoms with Crippen molar-refractivity contribution in [2.75, 3.05) is 10.0 Å². The monoisotopic (exact) mass is 465 g/mol. The van der Waals surface area contributed by atoms with E-state index in [0.717, 1.165) is 20.8 Å². The van der Waals surface area contributed by atoms with Crippen LogP contribution >= 0.6 is 11.3 Å². The summed E-state index contributed by atoms with van der Waals surface area (Å²) in [6.45, 7) is 3.93. The van der Waals surface area contributed by atoms with Crippen molar-refractivity contribution in [3.8, 4) is 10.6 Å². The molecule has 4 aromatic rings. The molecule has 0 aliphatic carbocycles. The highest BCUT2D eigenvalue weighted by molar-refractivity contribution is 7.92. The summed E-state index contributed by atoms with van der Waals surface area (Å²) in [5.74, 6) is 0.154. The van der Waals surface area contributed by atoms with Crippen molar-refractivity contribution >= 4 is 48.9 Å². The van der Waals surface area contributed by atoms with Gasteiger partial charge in [-0.25, -0.2) is 13.4 Å². The maximum atomic E-state index is 12.7. The largest absolute Gasteiger partial charge is 0.326 e. The normalized spacial score (nSPS) is 11.6. The Morgan fingerprint density at radius 1 is 0.938 bits per heavy atom. The standard InChI is InChI=1S/C24H23N3O3S2/c1-16(2)15-23(28)25-18-11-13-20(14-12-18)32(29,30)27-19-9-7-17(8-10-19)24-26-21-5-3-4-6-22(21)31-24/h3-14,16,27H,15H2,1-2H3,(H,25,28). The third-order valence-corrected chi connectivity index (χ3v) is 7.20. The molecule has 4 rings (SSSR count). The van der Waals surface area contributed by atoms with Gasteiger partial charge < -0.3 is 5.32 Å². The Morgan fingerprint density at radius 3 is 2.25 bits per heavy atom. The van der Waals surface area contributed by atoms with Gasteiger partial charge in [0.05, 0.1) is 15.1 Å². The lowest BCUT2D eigenvalue weighted by atomic mass is 10.1. The van der Waals surface area contributed by atoms with Crippen LogP contribution in [0.15, 0.2) is 77.7 Å². The zero-order chi connectivity index (χ0) is 22.7. The summed E-state index contributed by atoms with van der Waals surface area (Å²) in [7, 11) is -3.75. The molecule has 1 aromatic heterocycles. The van der Waals surface area contributed by atoms with E-state index >= 15 is 0 Å². The summed E-state index contributed by atoms with van der Waals surface area (Å²) >= 11 is 1.60. The third-order valence-electron chi connectivity index (χ3n) is 4.72. The van der Waals surface area contributed by atoms with Crippen LogP contribution in [0.2, 0.25) is 0 Å². The summed E-state index contributed by atoms with van der Waals surface area (Å²) in [6, 6.07) is 21.2. The van der Waals surface area contributed by atoms with Crippen molar-refractivity contribution < 1.29 is 13.2 Å². The van der Waals surface area contributed by atoms with Crippen LogP contribution in [0.1, 0.15) is 20.3 Å². The predicted molar refractivity (Wildman–Crippen MR) is 130 cm³/mol. The first-order valence-electron chi connectivity index (χ1n) is 10.2. The molecule has 0 saturated carbocycles. The molecule has 0 atom stereocenters. The first-order chi connectivity index (χ1) is 15.3. The zero-order valence-corrected chi connectivity index (χ0v) is 19.3. The van der Waals surface area contributed by atoms with E-state index < -0.39 is 10.0 Å². The number of hydrogen-bond acceptors (Lipinski definition) is 5. The number of anilines is 2. The maximum absolute atomic E-state index is 12.7. The SMILES string of the molecule is CC(C)CC(=O)Nc1ccc(S(=O)(=O)Nc2ccc(-c3nc4ccccc4s3)cc2)cc1. The summed E-state index contributed by atoms with van der Waals surface area (Å²) < 4.78 is 29.2. The Bertz CT molecular complexity index is 1310. The molecule has 0 radical (unpaired) electrons. The molecule has 1 amide bonds. The molecule has 6 nitrogen and oxygen atoms in total. The second-order valence-electron chi connectivity index (χ2n) is 7.84. The van der Waals surface area contributed by atoms with Crippen molar-refractivity contribution in [2.45, 2.75) is 25.2 Å². The number of para-hydroxylation sites is 1. The van der Waals surface area contributed by atoms with Crippen LogP contribution in [0.5, 0.6) is 0 Å². The highest BCUT2D eigenvalue weighted by Crippen LogP contribution is 2.31. The number of aromatic nitrogens is 1. The summed E-state index contributed by atoms with van der Waals surface area (Å²) in [4.78, 5) is 16.6. The lowest BCUT2D eigenvalue weighted by molar-refractivity contribution is -0.116. The topological polar surface area (TPSA) is 88.2 Å². The smallest absolute Gasteiger partial charge is 0.261 e. The Hall–Kier alpha value is -3.23. The second-order valence-corrected chi connectivity index (χ2v) is 10.6. The number of rotatable bonds is 7. The van der Waals surface area contributed by atoms with E-state index in [-0.39, 0.29) is 16.7 Å². The number of benzene rings is 3. The molecule has 8 heteroatoms. The van der Waals surface area contributed by atoms with Crippen molar-refractivity contribution in [1.82, 2.24) is 4.98 Å². The molecular formula is C24H23N3O3S2. The Morgan fingerprint density at radius 2 is 1.59 bits per heavy atom. The molecule has 0 bridgehead atoms. The number of sulfonamides is 1. The van der Waals surface area contributed by atoms with Gasteiger partial charge in [0.15, 0.2) is 0 Å². The molecule has 3 aromatic carbocycles. The molecule has 0 unspecified atom stereocenters. The first-order valence-corrected chi connectivity index (χ1v) is 12.5. The van der Waals surface area contributed by atoms with E-state index in [4.69, 9.17) is 0 Å². The fourth-order valence-corrected chi connectivity index (χ4v) is 5.22. The number of fused-ring (bicyclic) bond motifs is 1. The van der Waals surface area contributed by atoms with Gasteiger partial charge in [0.1, 0.15) is 5.01 Å². The number of nitrogens with one attached hydrogen (secondary N) is 2. The van der Waals surface area contributed by atoms with Crippen molar-refractivity contribution in [1.29, 1.82) is 0 Å². The highest BCUT2D eigenvalue weighted by Gasteiger charge is 2.15. The van der Waals surface area contributed by atoms with Crippen LogP contribution in [0.25, 0.3) is 20.8 Å². The molecule has 0 spiro atoms. The van der Waals surface area contributed by atoms with Crippen LogP contribution in [-0.2, 0) is 14.8 Å². The van der Waals surface area contributed by atoms with Gasteiger partial charge in [0.2, 0.25) is 5.91 Å². The van der Waals surface area contributed by atoms with E-state index in [1.165, 1.54) is 12.1 Å². The third kappa shape index (κ3) is 5.15. The number of amides is 1. The number of thiazole rings is 1. The van der Waals surface area contributed by atoms with Crippen LogP contribution in [-0.4, -0.2) is 19.3 Å². The van der Waals surface area contributed by atoms with E-state index in [2.05, 4.69) is 15.0 Å². The Kier molecular flexibility index (Phi) is 6.25. The summed E-state index contributed by atoms with van der Waals surface area (Å²) in [5, 5.41) is 3.66. The molecule has 0 aliphatic heterocycles. The van der Waals surface area contributed by atoms with Gasteiger partial charge in [-0.15, -0.1) is 11.3 Å². The highest BCUT2D eigenvalue weighted by atomic mass is 32.2. The average molecular weight is 466 g/mol. The van der Waals surface area contributed by atoms with Gasteiger partial charge in [-0.1, -0.05) is 26.0 Å². The molecule has 1 heterocycles. The quantitative estimate of drug-likeness (QED) is 0.364. The lowest BCUT2D eigenvalue weighted by Gasteiger charge is -2.10. The number of hydrogen-bond donors (Lipinski definition) is 2. The molecule has 164 valence electrons. The molecule has 0 aliphatic rings. The summed E-state index contributed by atoms with van der Waals surface area (Å²) in [6.07, 6.45) is 0.411. The van der Waals surface area contributed by atoms with Crippen molar-refractivity contribution in [2.24, 2.45) is 5.92 Å². The fourth-order valence-electron chi connectivity index (χ4n) is 3.19. The van der Waals surface area contributed by atoms with E-state index in [1.54, 1.807) is 35.6 Å². The van der Waals surface area contributed by atoms with Gasteiger partial charge >= 0.3 is 0 Å². The van der Waals surface area contributed by atoms with Gasteiger partial charge in [0.25, 0.3) is 10.0 Å². The van der Waals surface area contributed by atoms with Crippen molar-refractivity contribution in [3.05, 3.63) is 72.8 Å². The van der Waals surface area contributed by atoms with E-state index in [0.29, 0.717) is 17.8 Å². The number of carbonyl (C=O) groups excluding carboxylic acids is 1. The van der Waals surface area contributed by atoms with Gasteiger partial charge in [-0.05, 0) is 66.6 Å². The van der Waals surface area contributed by atoms with Crippen LogP contribution in [0.4, 0.5) is 11.4 Å². The molecule has 32 heavy (non-hydrogen) atoms. The zero-order valence-electron chi connectivity index (χ0n) is 17.7. The fraction of sp³-hybridized carbons (Fsp3) is 0.167. The van der Waals surface area contributed by atoms with Crippen LogP contribution in [0, 0.1) is 5.92 Å². The minimum atomic E-state index is -3.75. The number of carbonyl (C=O) groups is 1. The maximum Gasteiger partial charge on any atom is 0.261 e. The Balaban J connectivity index is 1.45. The number of nitrogens with zero attached hydrogens (tertiary/aromatic N) is 1. The second kappa shape index (κ2) is 9.10. The summed E-state index contributed by atoms with van der Waals surface area (Å²) in [5.41, 5.74) is 2.90. The van der Waals surface area contributed by atoms with Crippen LogP contribution < -0.4 is 10.0 Å². The molecule has 0 saturated heterocycles. The van der Waals surface area contributed by atoms with Crippen LogP contribution in [0.3, 0.4) is 0 Å². The van der Waals surface area contributed by atoms with Gasteiger partial charge in [-0.3, -0.25) is 9.52 Å². The lowest BCUT2D eigenvalue weighted by Crippen LogP contribution is -2.15. The minimum absolute atomic E-state index is 0.0954. The van der Waals surface area contributed by atoms with Gasteiger partial charge in [-0.2, -0.15) is 0 Å². The predicted octanol–water partition coefficient (Wildman–Crippen LogP) is 5.75. The molecular weight excluding hydrogens is 442 g/mol. The molecule has 0 fully saturated rings. The van der Waals surface area contributed by atoms with Gasteiger partial charge in [0, 0.05) is 23.4 Å². The average Bonchev–Trinajstić information content (AvgIpc) is 3.18.